The molecule has 0 spiro atoms. The maximum atomic E-state index is 10.2. The molecule has 0 aromatic heterocycles. The van der Waals surface area contributed by atoms with Crippen molar-refractivity contribution in [2.45, 2.75) is 12.5 Å². The molecule has 1 aliphatic rings. The maximum Gasteiger partial charge on any atom is 0.0802 e. The molecule has 1 fully saturated rings. The summed E-state index contributed by atoms with van der Waals surface area (Å²) < 4.78 is 0. The Morgan fingerprint density at radius 3 is 2.47 bits per heavy atom. The van der Waals surface area contributed by atoms with Gasteiger partial charge >= 0.3 is 0 Å². The van der Waals surface area contributed by atoms with Gasteiger partial charge in [0.1, 0.15) is 0 Å². The van der Waals surface area contributed by atoms with Gasteiger partial charge in [0.25, 0.3) is 0 Å². The Labute approximate surface area is 124 Å². The predicted molar refractivity (Wildman–Crippen MR) is 80.0 cm³/mol. The summed E-state index contributed by atoms with van der Waals surface area (Å²) in [6.45, 7) is 5.26. The monoisotopic (exact) mass is 302 g/mol. The van der Waals surface area contributed by atoms with Gasteiger partial charge in [0.05, 0.1) is 16.1 Å². The molecular weight excluding hydrogens is 283 g/mol. The first-order valence-corrected chi connectivity index (χ1v) is 7.36. The number of aliphatic hydroxyl groups is 1. The van der Waals surface area contributed by atoms with E-state index >= 15 is 0 Å². The van der Waals surface area contributed by atoms with Crippen LogP contribution in [0.5, 0.6) is 0 Å². The minimum atomic E-state index is -0.477. The Balaban J connectivity index is 1.83. The van der Waals surface area contributed by atoms with Crippen molar-refractivity contribution in [1.82, 2.24) is 9.80 Å². The summed E-state index contributed by atoms with van der Waals surface area (Å²) in [6, 6.07) is 5.32. The SMILES string of the molecule is CN1CCN(CCC(O)c2ccc(Cl)c(Cl)c2)CC1. The fourth-order valence-electron chi connectivity index (χ4n) is 2.26. The molecule has 1 saturated heterocycles. The first-order valence-electron chi connectivity index (χ1n) is 6.60. The van der Waals surface area contributed by atoms with E-state index in [9.17, 15) is 5.11 Å². The highest BCUT2D eigenvalue weighted by Gasteiger charge is 2.16. The van der Waals surface area contributed by atoms with E-state index in [1.807, 2.05) is 6.07 Å². The molecule has 3 nitrogen and oxygen atoms in total. The van der Waals surface area contributed by atoms with Crippen molar-refractivity contribution in [3.63, 3.8) is 0 Å². The zero-order valence-corrected chi connectivity index (χ0v) is 12.7. The minimum Gasteiger partial charge on any atom is -0.388 e. The molecule has 1 N–H and O–H groups in total. The van der Waals surface area contributed by atoms with E-state index in [4.69, 9.17) is 23.2 Å². The number of nitrogens with zero attached hydrogens (tertiary/aromatic N) is 2. The lowest BCUT2D eigenvalue weighted by molar-refractivity contribution is 0.113. The second-order valence-electron chi connectivity index (χ2n) is 5.12. The Morgan fingerprint density at radius 1 is 1.16 bits per heavy atom. The van der Waals surface area contributed by atoms with Gasteiger partial charge in [-0.25, -0.2) is 0 Å². The molecule has 0 amide bonds. The molecule has 19 heavy (non-hydrogen) atoms. The van der Waals surface area contributed by atoms with Crippen molar-refractivity contribution in [2.75, 3.05) is 39.8 Å². The molecule has 2 rings (SSSR count). The zero-order chi connectivity index (χ0) is 13.8. The number of hydrogen-bond donors (Lipinski definition) is 1. The number of likely N-dealkylation sites (N-methyl/N-ethyl adjacent to an activating group) is 1. The van der Waals surface area contributed by atoms with Crippen molar-refractivity contribution in [1.29, 1.82) is 0 Å². The lowest BCUT2D eigenvalue weighted by Gasteiger charge is -2.32. The standard InChI is InChI=1S/C14H20Cl2N2O/c1-17-6-8-18(9-7-17)5-4-14(19)11-2-3-12(15)13(16)10-11/h2-3,10,14,19H,4-9H2,1H3. The van der Waals surface area contributed by atoms with E-state index in [0.29, 0.717) is 10.0 Å². The zero-order valence-electron chi connectivity index (χ0n) is 11.1. The van der Waals surface area contributed by atoms with Crippen molar-refractivity contribution in [2.24, 2.45) is 0 Å². The molecule has 1 unspecified atom stereocenters. The quantitative estimate of drug-likeness (QED) is 0.926. The van der Waals surface area contributed by atoms with Crippen molar-refractivity contribution < 1.29 is 5.11 Å². The molecular formula is C14H20Cl2N2O. The van der Waals surface area contributed by atoms with Crippen LogP contribution in [0.3, 0.4) is 0 Å². The van der Waals surface area contributed by atoms with E-state index in [0.717, 1.165) is 44.7 Å². The van der Waals surface area contributed by atoms with Crippen LogP contribution in [-0.4, -0.2) is 54.7 Å². The highest BCUT2D eigenvalue weighted by Crippen LogP contribution is 2.27. The summed E-state index contributed by atoms with van der Waals surface area (Å²) in [4.78, 5) is 4.71. The largest absolute Gasteiger partial charge is 0.388 e. The third-order valence-corrected chi connectivity index (χ3v) is 4.38. The smallest absolute Gasteiger partial charge is 0.0802 e. The van der Waals surface area contributed by atoms with Crippen LogP contribution < -0.4 is 0 Å². The van der Waals surface area contributed by atoms with Gasteiger partial charge < -0.3 is 14.9 Å². The summed E-state index contributed by atoms with van der Waals surface area (Å²) >= 11 is 11.8. The van der Waals surface area contributed by atoms with Gasteiger partial charge in [-0.05, 0) is 31.2 Å². The van der Waals surface area contributed by atoms with Crippen LogP contribution >= 0.6 is 23.2 Å². The molecule has 1 heterocycles. The van der Waals surface area contributed by atoms with Gasteiger partial charge in [0.2, 0.25) is 0 Å². The molecule has 0 aliphatic carbocycles. The summed E-state index contributed by atoms with van der Waals surface area (Å²) in [5.74, 6) is 0. The Bertz CT molecular complexity index is 420. The van der Waals surface area contributed by atoms with Gasteiger partial charge in [-0.15, -0.1) is 0 Å². The van der Waals surface area contributed by atoms with Gasteiger partial charge in [-0.1, -0.05) is 29.3 Å². The summed E-state index contributed by atoms with van der Waals surface area (Å²) in [6.07, 6.45) is 0.246. The van der Waals surface area contributed by atoms with Crippen LogP contribution in [0.15, 0.2) is 18.2 Å². The molecule has 5 heteroatoms. The third kappa shape index (κ3) is 4.33. The Morgan fingerprint density at radius 2 is 1.84 bits per heavy atom. The number of hydrogen-bond acceptors (Lipinski definition) is 3. The van der Waals surface area contributed by atoms with Gasteiger partial charge in [0, 0.05) is 32.7 Å². The first kappa shape index (κ1) is 15.1. The summed E-state index contributed by atoms with van der Waals surface area (Å²) in [5.41, 5.74) is 0.837. The summed E-state index contributed by atoms with van der Waals surface area (Å²) in [5, 5.41) is 11.2. The van der Waals surface area contributed by atoms with Crippen molar-refractivity contribution in [3.8, 4) is 0 Å². The molecule has 106 valence electrons. The van der Waals surface area contributed by atoms with E-state index in [2.05, 4.69) is 16.8 Å². The fraction of sp³-hybridized carbons (Fsp3) is 0.571. The number of benzene rings is 1. The molecule has 1 aliphatic heterocycles. The molecule has 0 radical (unpaired) electrons. The normalized spacial score (nSPS) is 19.6. The molecule has 1 aromatic carbocycles. The van der Waals surface area contributed by atoms with Crippen LogP contribution in [0.1, 0.15) is 18.1 Å². The summed E-state index contributed by atoms with van der Waals surface area (Å²) in [7, 11) is 2.14. The van der Waals surface area contributed by atoms with E-state index < -0.39 is 6.10 Å². The first-order chi connectivity index (χ1) is 9.06. The van der Waals surface area contributed by atoms with Crippen LogP contribution in [-0.2, 0) is 0 Å². The van der Waals surface area contributed by atoms with Crippen molar-refractivity contribution in [3.05, 3.63) is 33.8 Å². The molecule has 1 aromatic rings. The number of aliphatic hydroxyl groups excluding tert-OH is 1. The van der Waals surface area contributed by atoms with E-state index in [-0.39, 0.29) is 0 Å². The van der Waals surface area contributed by atoms with Gasteiger partial charge in [0.15, 0.2) is 0 Å². The van der Waals surface area contributed by atoms with E-state index in [1.54, 1.807) is 12.1 Å². The lowest BCUT2D eigenvalue weighted by atomic mass is 10.1. The minimum absolute atomic E-state index is 0.477. The lowest BCUT2D eigenvalue weighted by Crippen LogP contribution is -2.44. The molecule has 0 bridgehead atoms. The fourth-order valence-corrected chi connectivity index (χ4v) is 2.57. The van der Waals surface area contributed by atoms with E-state index in [1.165, 1.54) is 0 Å². The predicted octanol–water partition coefficient (Wildman–Crippen LogP) is 2.66. The van der Waals surface area contributed by atoms with Crippen LogP contribution in [0.4, 0.5) is 0 Å². The molecule has 1 atom stereocenters. The highest BCUT2D eigenvalue weighted by molar-refractivity contribution is 6.42. The maximum absolute atomic E-state index is 10.2. The van der Waals surface area contributed by atoms with Crippen LogP contribution in [0.2, 0.25) is 10.0 Å². The second kappa shape index (κ2) is 6.91. The topological polar surface area (TPSA) is 26.7 Å². The highest BCUT2D eigenvalue weighted by atomic mass is 35.5. The molecule has 0 saturated carbocycles. The average Bonchev–Trinajstić information content (AvgIpc) is 2.41. The Hall–Kier alpha value is -0.320. The van der Waals surface area contributed by atoms with Gasteiger partial charge in [-0.3, -0.25) is 0 Å². The third-order valence-electron chi connectivity index (χ3n) is 3.64. The number of piperazine rings is 1. The average molecular weight is 303 g/mol. The Kier molecular flexibility index (Phi) is 5.48. The number of rotatable bonds is 4. The van der Waals surface area contributed by atoms with Gasteiger partial charge in [-0.2, -0.15) is 0 Å². The van der Waals surface area contributed by atoms with Crippen molar-refractivity contribution >= 4 is 23.2 Å². The van der Waals surface area contributed by atoms with Crippen LogP contribution in [0.25, 0.3) is 0 Å². The second-order valence-corrected chi connectivity index (χ2v) is 5.94. The number of halogens is 2. The van der Waals surface area contributed by atoms with Crippen LogP contribution in [0, 0.1) is 0 Å².